The average molecular weight is 464 g/mol. The Balaban J connectivity index is 0.000000569. The Morgan fingerprint density at radius 2 is 1.06 bits per heavy atom. The molecule has 0 fully saturated rings. The summed E-state index contributed by atoms with van der Waals surface area (Å²) >= 11 is 0. The lowest BCUT2D eigenvalue weighted by Crippen LogP contribution is -2.06. The van der Waals surface area contributed by atoms with Gasteiger partial charge in [-0.3, -0.25) is 0 Å². The monoisotopic (exact) mass is 463 g/mol. The van der Waals surface area contributed by atoms with Crippen LogP contribution in [0.4, 0.5) is 0 Å². The molecule has 0 aromatic heterocycles. The van der Waals surface area contributed by atoms with Crippen molar-refractivity contribution in [2.24, 2.45) is 0 Å². The Bertz CT molecular complexity index is 941. The van der Waals surface area contributed by atoms with E-state index in [2.05, 4.69) is 67.2 Å². The number of hydrogen-bond acceptors (Lipinski definition) is 3. The predicted molar refractivity (Wildman–Crippen MR) is 139 cm³/mol. The highest BCUT2D eigenvalue weighted by Gasteiger charge is 2.28. The Morgan fingerprint density at radius 3 is 1.30 bits per heavy atom. The smallest absolute Gasteiger partial charge is 0.166 e. The predicted octanol–water partition coefficient (Wildman–Crippen LogP) is 5.48. The SMILES string of the molecule is C=C/C(C)=C\C.OCCc1ccc([S+](c2ccc(CO)cc2)c2ccc(CCO)cc2)cc1. The first kappa shape index (κ1) is 26.6. The van der Waals surface area contributed by atoms with Crippen LogP contribution in [0.2, 0.25) is 0 Å². The lowest BCUT2D eigenvalue weighted by atomic mass is 10.2. The van der Waals surface area contributed by atoms with E-state index in [4.69, 9.17) is 10.2 Å². The molecule has 0 aliphatic heterocycles. The van der Waals surface area contributed by atoms with E-state index in [0.29, 0.717) is 12.8 Å². The summed E-state index contributed by atoms with van der Waals surface area (Å²) in [4.78, 5) is 3.61. The third kappa shape index (κ3) is 8.34. The van der Waals surface area contributed by atoms with E-state index in [-0.39, 0.29) is 30.7 Å². The normalized spacial score (nSPS) is 11.2. The highest BCUT2D eigenvalue weighted by Crippen LogP contribution is 2.32. The van der Waals surface area contributed by atoms with Gasteiger partial charge in [-0.15, -0.1) is 0 Å². The first-order valence-electron chi connectivity index (χ1n) is 11.1. The van der Waals surface area contributed by atoms with Crippen molar-refractivity contribution in [3.8, 4) is 0 Å². The zero-order valence-corrected chi connectivity index (χ0v) is 20.4. The number of aliphatic hydroxyl groups is 3. The molecule has 3 N–H and O–H groups in total. The topological polar surface area (TPSA) is 60.7 Å². The molecule has 3 nitrogen and oxygen atoms in total. The Kier molecular flexibility index (Phi) is 11.7. The average Bonchev–Trinajstić information content (AvgIpc) is 2.87. The number of hydrogen-bond donors (Lipinski definition) is 3. The minimum Gasteiger partial charge on any atom is -0.396 e. The molecule has 0 saturated heterocycles. The van der Waals surface area contributed by atoms with Crippen molar-refractivity contribution in [1.29, 1.82) is 0 Å². The van der Waals surface area contributed by atoms with Crippen LogP contribution in [0.3, 0.4) is 0 Å². The summed E-state index contributed by atoms with van der Waals surface area (Å²) < 4.78 is 0. The van der Waals surface area contributed by atoms with Gasteiger partial charge in [0.1, 0.15) is 0 Å². The molecule has 0 spiro atoms. The van der Waals surface area contributed by atoms with Gasteiger partial charge in [0.05, 0.1) is 17.5 Å². The molecule has 0 heterocycles. The molecule has 0 radical (unpaired) electrons. The minimum atomic E-state index is -0.256. The van der Waals surface area contributed by atoms with Crippen molar-refractivity contribution in [2.75, 3.05) is 13.2 Å². The Labute approximate surface area is 201 Å². The molecule has 0 aliphatic rings. The molecule has 0 amide bonds. The lowest BCUT2D eigenvalue weighted by molar-refractivity contribution is 0.282. The van der Waals surface area contributed by atoms with Crippen molar-refractivity contribution in [2.45, 2.75) is 48.0 Å². The summed E-state index contributed by atoms with van der Waals surface area (Å²) in [5, 5.41) is 27.6. The standard InChI is InChI=1S/C23H25O3S.C6H10/c24-15-13-18-1-7-21(8-2-18)27(23-11-5-20(17-26)6-12-23)22-9-3-19(4-10-22)14-16-25;1-4-6(3)5-2/h1-12,24-26H,13-17H2;4-5H,1H2,2-3H3/q+1;/b;6-5-. The van der Waals surface area contributed by atoms with Crippen LogP contribution in [0.15, 0.2) is 112 Å². The fourth-order valence-electron chi connectivity index (χ4n) is 3.10. The van der Waals surface area contributed by atoms with Gasteiger partial charge in [0.15, 0.2) is 14.7 Å². The van der Waals surface area contributed by atoms with E-state index < -0.39 is 0 Å². The van der Waals surface area contributed by atoms with Gasteiger partial charge in [0.25, 0.3) is 0 Å². The molecular formula is C29H35O3S+. The van der Waals surface area contributed by atoms with E-state index in [1.807, 2.05) is 38.1 Å². The maximum absolute atomic E-state index is 9.32. The second-order valence-corrected chi connectivity index (χ2v) is 9.61. The van der Waals surface area contributed by atoms with Gasteiger partial charge in [0, 0.05) is 13.2 Å². The van der Waals surface area contributed by atoms with Crippen LogP contribution in [-0.2, 0) is 30.3 Å². The van der Waals surface area contributed by atoms with E-state index in [9.17, 15) is 5.11 Å². The van der Waals surface area contributed by atoms with Crippen molar-refractivity contribution >= 4 is 10.9 Å². The van der Waals surface area contributed by atoms with E-state index in [1.54, 1.807) is 0 Å². The first-order valence-corrected chi connectivity index (χ1v) is 12.4. The molecule has 0 aliphatic carbocycles. The molecule has 174 valence electrons. The summed E-state index contributed by atoms with van der Waals surface area (Å²) in [6, 6.07) is 24.9. The number of allylic oxidation sites excluding steroid dienone is 3. The summed E-state index contributed by atoms with van der Waals surface area (Å²) in [6.07, 6.45) is 5.18. The van der Waals surface area contributed by atoms with Crippen LogP contribution in [0, 0.1) is 0 Å². The Hall–Kier alpha value is -2.63. The molecule has 33 heavy (non-hydrogen) atoms. The summed E-state index contributed by atoms with van der Waals surface area (Å²) in [5.74, 6) is 0. The molecule has 0 bridgehead atoms. The highest BCUT2D eigenvalue weighted by atomic mass is 32.2. The summed E-state index contributed by atoms with van der Waals surface area (Å²) in [7, 11) is -0.256. The van der Waals surface area contributed by atoms with Gasteiger partial charge in [-0.1, -0.05) is 60.7 Å². The molecule has 4 heteroatoms. The van der Waals surface area contributed by atoms with E-state index >= 15 is 0 Å². The molecule has 0 saturated carbocycles. The van der Waals surface area contributed by atoms with Gasteiger partial charge >= 0.3 is 0 Å². The van der Waals surface area contributed by atoms with Crippen molar-refractivity contribution in [3.63, 3.8) is 0 Å². The molecule has 3 aromatic carbocycles. The van der Waals surface area contributed by atoms with E-state index in [0.717, 1.165) is 16.7 Å². The lowest BCUT2D eigenvalue weighted by Gasteiger charge is -2.10. The fourth-order valence-corrected chi connectivity index (χ4v) is 5.14. The maximum Gasteiger partial charge on any atom is 0.166 e. The van der Waals surface area contributed by atoms with Crippen molar-refractivity contribution < 1.29 is 15.3 Å². The largest absolute Gasteiger partial charge is 0.396 e. The third-order valence-electron chi connectivity index (χ3n) is 5.24. The fraction of sp³-hybridized carbons (Fsp3) is 0.241. The van der Waals surface area contributed by atoms with E-state index in [1.165, 1.54) is 20.3 Å². The van der Waals surface area contributed by atoms with Gasteiger partial charge in [0.2, 0.25) is 0 Å². The number of rotatable bonds is 9. The third-order valence-corrected chi connectivity index (χ3v) is 7.47. The first-order chi connectivity index (χ1) is 16.1. The van der Waals surface area contributed by atoms with Crippen molar-refractivity contribution in [1.82, 2.24) is 0 Å². The quantitative estimate of drug-likeness (QED) is 0.291. The molecule has 3 aromatic rings. The summed E-state index contributed by atoms with van der Waals surface area (Å²) in [5.41, 5.74) is 4.38. The van der Waals surface area contributed by atoms with Gasteiger partial charge in [-0.2, -0.15) is 0 Å². The second kappa shape index (κ2) is 14.5. The number of aliphatic hydroxyl groups excluding tert-OH is 3. The number of benzene rings is 3. The Morgan fingerprint density at radius 1 is 0.697 bits per heavy atom. The molecule has 0 atom stereocenters. The van der Waals surface area contributed by atoms with Crippen LogP contribution in [0.1, 0.15) is 30.5 Å². The van der Waals surface area contributed by atoms with Gasteiger partial charge in [-0.25, -0.2) is 0 Å². The molecule has 3 rings (SSSR count). The van der Waals surface area contributed by atoms with Gasteiger partial charge < -0.3 is 15.3 Å². The van der Waals surface area contributed by atoms with Gasteiger partial charge in [-0.05, 0) is 79.8 Å². The highest BCUT2D eigenvalue weighted by molar-refractivity contribution is 7.97. The summed E-state index contributed by atoms with van der Waals surface area (Å²) in [6.45, 7) is 7.93. The molecule has 0 unspecified atom stereocenters. The second-order valence-electron chi connectivity index (χ2n) is 7.58. The maximum atomic E-state index is 9.32. The van der Waals surface area contributed by atoms with Crippen LogP contribution in [0.5, 0.6) is 0 Å². The minimum absolute atomic E-state index is 0.0414. The zero-order valence-electron chi connectivity index (χ0n) is 19.6. The van der Waals surface area contributed by atoms with Crippen LogP contribution in [-0.4, -0.2) is 28.5 Å². The van der Waals surface area contributed by atoms with Crippen LogP contribution in [0.25, 0.3) is 0 Å². The van der Waals surface area contributed by atoms with Crippen LogP contribution < -0.4 is 0 Å². The van der Waals surface area contributed by atoms with Crippen molar-refractivity contribution in [3.05, 3.63) is 114 Å². The van der Waals surface area contributed by atoms with Crippen LogP contribution >= 0.6 is 0 Å². The molecular weight excluding hydrogens is 428 g/mol. The zero-order chi connectivity index (χ0) is 24.1.